The Morgan fingerprint density at radius 2 is 1.65 bits per heavy atom. The van der Waals surface area contributed by atoms with E-state index in [1.807, 2.05) is 12.1 Å². The summed E-state index contributed by atoms with van der Waals surface area (Å²) in [6.07, 6.45) is 3.50. The number of anilines is 2. The molecule has 1 amide bonds. The van der Waals surface area contributed by atoms with Crippen molar-refractivity contribution in [2.75, 3.05) is 56.1 Å². The number of benzene rings is 1. The van der Waals surface area contributed by atoms with E-state index in [-0.39, 0.29) is 0 Å². The third-order valence-corrected chi connectivity index (χ3v) is 5.25. The molecular formula is C17H25ClN4O. The fourth-order valence-electron chi connectivity index (χ4n) is 3.47. The molecule has 0 aromatic heterocycles. The molecule has 2 fully saturated rings. The number of hydrogen-bond acceptors (Lipinski definition) is 4. The second kappa shape index (κ2) is 6.97. The highest BCUT2D eigenvalue weighted by molar-refractivity contribution is 6.37. The van der Waals surface area contributed by atoms with Crippen molar-refractivity contribution < 1.29 is 4.79 Å². The number of likely N-dealkylation sites (N-methyl/N-ethyl adjacent to an activating group) is 1. The molecule has 0 unspecified atom stereocenters. The summed E-state index contributed by atoms with van der Waals surface area (Å²) in [6.45, 7) is 5.81. The number of halogens is 1. The monoisotopic (exact) mass is 336 g/mol. The number of piperazine rings is 1. The van der Waals surface area contributed by atoms with Gasteiger partial charge in [-0.05, 0) is 38.4 Å². The van der Waals surface area contributed by atoms with Crippen molar-refractivity contribution in [1.29, 1.82) is 0 Å². The molecule has 6 heteroatoms. The maximum Gasteiger partial charge on any atom is 0.250 e. The first-order chi connectivity index (χ1) is 11.1. The first-order valence-corrected chi connectivity index (χ1v) is 8.76. The molecule has 2 aliphatic rings. The SMILES string of the molecule is CN1CCN(c2ccc(C(N)=O)c(N3CCCCC3)c2Cl)CC1. The van der Waals surface area contributed by atoms with Gasteiger partial charge in [0.05, 0.1) is 22.0 Å². The molecule has 5 nitrogen and oxygen atoms in total. The minimum Gasteiger partial charge on any atom is -0.370 e. The van der Waals surface area contributed by atoms with Crippen molar-refractivity contribution in [1.82, 2.24) is 4.90 Å². The highest BCUT2D eigenvalue weighted by Crippen LogP contribution is 2.39. The number of nitrogens with two attached hydrogens (primary N) is 1. The number of nitrogens with zero attached hydrogens (tertiary/aromatic N) is 3. The number of carbonyl (C=O) groups excluding carboxylic acids is 1. The van der Waals surface area contributed by atoms with Gasteiger partial charge in [-0.15, -0.1) is 0 Å². The van der Waals surface area contributed by atoms with Crippen LogP contribution in [0.2, 0.25) is 5.02 Å². The van der Waals surface area contributed by atoms with Crippen LogP contribution in [0.5, 0.6) is 0 Å². The molecule has 1 aromatic carbocycles. The Balaban J connectivity index is 1.97. The predicted octanol–water partition coefficient (Wildman–Crippen LogP) is 2.18. The van der Waals surface area contributed by atoms with Gasteiger partial charge in [-0.2, -0.15) is 0 Å². The smallest absolute Gasteiger partial charge is 0.250 e. The molecule has 2 aliphatic heterocycles. The molecule has 2 heterocycles. The van der Waals surface area contributed by atoms with Gasteiger partial charge in [0.1, 0.15) is 0 Å². The zero-order valence-electron chi connectivity index (χ0n) is 13.7. The van der Waals surface area contributed by atoms with Gasteiger partial charge in [-0.25, -0.2) is 0 Å². The Labute approximate surface area is 143 Å². The highest BCUT2D eigenvalue weighted by atomic mass is 35.5. The van der Waals surface area contributed by atoms with Crippen molar-refractivity contribution in [3.8, 4) is 0 Å². The molecule has 0 radical (unpaired) electrons. The van der Waals surface area contributed by atoms with E-state index < -0.39 is 5.91 Å². The maximum absolute atomic E-state index is 11.9. The van der Waals surface area contributed by atoms with Crippen LogP contribution in [0.3, 0.4) is 0 Å². The van der Waals surface area contributed by atoms with E-state index in [4.69, 9.17) is 17.3 Å². The lowest BCUT2D eigenvalue weighted by atomic mass is 10.1. The summed E-state index contributed by atoms with van der Waals surface area (Å²) in [5.74, 6) is -0.405. The predicted molar refractivity (Wildman–Crippen MR) is 95.7 cm³/mol. The van der Waals surface area contributed by atoms with Crippen LogP contribution in [0.4, 0.5) is 11.4 Å². The summed E-state index contributed by atoms with van der Waals surface area (Å²) >= 11 is 6.76. The van der Waals surface area contributed by atoms with Crippen LogP contribution in [0.25, 0.3) is 0 Å². The number of carbonyl (C=O) groups is 1. The molecule has 0 spiro atoms. The molecule has 23 heavy (non-hydrogen) atoms. The van der Waals surface area contributed by atoms with Gasteiger partial charge in [0.15, 0.2) is 0 Å². The van der Waals surface area contributed by atoms with Gasteiger partial charge in [-0.1, -0.05) is 11.6 Å². The molecule has 2 N–H and O–H groups in total. The minimum atomic E-state index is -0.405. The third-order valence-electron chi connectivity index (χ3n) is 4.88. The van der Waals surface area contributed by atoms with Gasteiger partial charge in [0.25, 0.3) is 5.91 Å². The Hall–Kier alpha value is -1.46. The summed E-state index contributed by atoms with van der Waals surface area (Å²) in [6, 6.07) is 3.78. The lowest BCUT2D eigenvalue weighted by molar-refractivity contribution is 0.100. The van der Waals surface area contributed by atoms with Crippen LogP contribution in [0.1, 0.15) is 29.6 Å². The Bertz CT molecular complexity index is 578. The molecule has 3 rings (SSSR count). The minimum absolute atomic E-state index is 0.405. The van der Waals surface area contributed by atoms with Crippen molar-refractivity contribution in [2.45, 2.75) is 19.3 Å². The van der Waals surface area contributed by atoms with Crippen molar-refractivity contribution in [3.63, 3.8) is 0 Å². The third kappa shape index (κ3) is 3.40. The van der Waals surface area contributed by atoms with Gasteiger partial charge in [0, 0.05) is 39.3 Å². The van der Waals surface area contributed by atoms with Crippen molar-refractivity contribution >= 4 is 28.9 Å². The van der Waals surface area contributed by atoms with Crippen LogP contribution in [-0.2, 0) is 0 Å². The number of rotatable bonds is 3. The van der Waals surface area contributed by atoms with E-state index in [0.29, 0.717) is 10.6 Å². The van der Waals surface area contributed by atoms with Gasteiger partial charge < -0.3 is 20.4 Å². The summed E-state index contributed by atoms with van der Waals surface area (Å²) in [4.78, 5) is 18.7. The van der Waals surface area contributed by atoms with Crippen LogP contribution in [0, 0.1) is 0 Å². The lowest BCUT2D eigenvalue weighted by Gasteiger charge is -2.37. The van der Waals surface area contributed by atoms with Crippen molar-refractivity contribution in [3.05, 3.63) is 22.7 Å². The largest absolute Gasteiger partial charge is 0.370 e. The van der Waals surface area contributed by atoms with E-state index in [1.165, 1.54) is 6.42 Å². The van der Waals surface area contributed by atoms with E-state index in [2.05, 4.69) is 21.7 Å². The highest BCUT2D eigenvalue weighted by Gasteiger charge is 2.25. The number of primary amides is 1. The first kappa shape index (κ1) is 16.4. The van der Waals surface area contributed by atoms with E-state index in [1.54, 1.807) is 0 Å². The molecule has 2 saturated heterocycles. The standard InChI is InChI=1S/C17H25ClN4O/c1-20-9-11-21(12-10-20)14-6-5-13(17(19)23)16(15(14)18)22-7-3-2-4-8-22/h5-6H,2-4,7-12H2,1H3,(H2,19,23). The van der Waals surface area contributed by atoms with Crippen LogP contribution < -0.4 is 15.5 Å². The molecule has 0 bridgehead atoms. The number of piperidine rings is 1. The van der Waals surface area contributed by atoms with Gasteiger partial charge >= 0.3 is 0 Å². The average Bonchev–Trinajstić information content (AvgIpc) is 2.56. The van der Waals surface area contributed by atoms with Gasteiger partial charge in [-0.3, -0.25) is 4.79 Å². The summed E-state index contributed by atoms with van der Waals surface area (Å²) in [5.41, 5.74) is 7.98. The summed E-state index contributed by atoms with van der Waals surface area (Å²) < 4.78 is 0. The fourth-order valence-corrected chi connectivity index (χ4v) is 3.87. The average molecular weight is 337 g/mol. The lowest BCUT2D eigenvalue weighted by Crippen LogP contribution is -2.44. The molecule has 0 aliphatic carbocycles. The van der Waals surface area contributed by atoms with Crippen molar-refractivity contribution in [2.24, 2.45) is 5.73 Å². The molecule has 0 saturated carbocycles. The van der Waals surface area contributed by atoms with Gasteiger partial charge in [0.2, 0.25) is 0 Å². The molecular weight excluding hydrogens is 312 g/mol. The Morgan fingerprint density at radius 3 is 2.26 bits per heavy atom. The van der Waals surface area contributed by atoms with Crippen LogP contribution in [-0.4, -0.2) is 57.1 Å². The number of hydrogen-bond donors (Lipinski definition) is 1. The summed E-state index contributed by atoms with van der Waals surface area (Å²) in [5, 5.41) is 0.674. The van der Waals surface area contributed by atoms with E-state index in [9.17, 15) is 4.79 Å². The second-order valence-corrected chi connectivity index (χ2v) is 6.88. The molecule has 0 atom stereocenters. The zero-order valence-corrected chi connectivity index (χ0v) is 14.5. The molecule has 1 aromatic rings. The Morgan fingerprint density at radius 1 is 1.00 bits per heavy atom. The van der Waals surface area contributed by atoms with E-state index >= 15 is 0 Å². The first-order valence-electron chi connectivity index (χ1n) is 8.38. The topological polar surface area (TPSA) is 52.8 Å². The second-order valence-electron chi connectivity index (χ2n) is 6.50. The van der Waals surface area contributed by atoms with Crippen LogP contribution in [0.15, 0.2) is 12.1 Å². The zero-order chi connectivity index (χ0) is 16.4. The Kier molecular flexibility index (Phi) is 4.97. The quantitative estimate of drug-likeness (QED) is 0.919. The number of amides is 1. The van der Waals surface area contributed by atoms with E-state index in [0.717, 1.165) is 63.5 Å². The fraction of sp³-hybridized carbons (Fsp3) is 0.588. The summed E-state index contributed by atoms with van der Waals surface area (Å²) in [7, 11) is 2.13. The maximum atomic E-state index is 11.9. The van der Waals surface area contributed by atoms with Crippen LogP contribution >= 0.6 is 11.6 Å². The normalized spacial score (nSPS) is 19.9. The molecule has 126 valence electrons.